The fourth-order valence-electron chi connectivity index (χ4n) is 3.10. The van der Waals surface area contributed by atoms with Gasteiger partial charge in [0.05, 0.1) is 24.3 Å². The number of esters is 3. The predicted molar refractivity (Wildman–Crippen MR) is 146 cm³/mol. The molecule has 38 heavy (non-hydrogen) atoms. The summed E-state index contributed by atoms with van der Waals surface area (Å²) in [7, 11) is 0. The van der Waals surface area contributed by atoms with E-state index in [4.69, 9.17) is 18.9 Å². The Balaban J connectivity index is 0.00000247. The van der Waals surface area contributed by atoms with Gasteiger partial charge in [0, 0.05) is 6.08 Å². The van der Waals surface area contributed by atoms with Gasteiger partial charge in [-0.25, -0.2) is 14.4 Å². The summed E-state index contributed by atoms with van der Waals surface area (Å²) in [5.41, 5.74) is 1.97. The van der Waals surface area contributed by atoms with Gasteiger partial charge in [0.1, 0.15) is 17.2 Å². The van der Waals surface area contributed by atoms with Crippen molar-refractivity contribution < 1.29 is 33.3 Å². The van der Waals surface area contributed by atoms with Crippen LogP contribution in [0.2, 0.25) is 0 Å². The zero-order valence-electron chi connectivity index (χ0n) is 22.1. The van der Waals surface area contributed by atoms with Crippen LogP contribution in [0, 0.1) is 0 Å². The van der Waals surface area contributed by atoms with Crippen molar-refractivity contribution in [1.82, 2.24) is 0 Å². The summed E-state index contributed by atoms with van der Waals surface area (Å²) in [4.78, 5) is 35.7. The van der Waals surface area contributed by atoms with Gasteiger partial charge < -0.3 is 18.9 Å². The number of aryl methyl sites for hydroxylation is 1. The Labute approximate surface area is 224 Å². The van der Waals surface area contributed by atoms with Gasteiger partial charge in [0.2, 0.25) is 0 Å². The lowest BCUT2D eigenvalue weighted by Crippen LogP contribution is -2.10. The maximum Gasteiger partial charge on any atom is 0.343 e. The minimum Gasteiger partial charge on any atom is -0.494 e. The molecule has 0 atom stereocenters. The van der Waals surface area contributed by atoms with E-state index in [9.17, 15) is 14.4 Å². The monoisotopic (exact) mass is 518 g/mol. The third kappa shape index (κ3) is 9.93. The van der Waals surface area contributed by atoms with E-state index < -0.39 is 17.9 Å². The van der Waals surface area contributed by atoms with Crippen LogP contribution in [0.5, 0.6) is 17.2 Å². The topological polar surface area (TPSA) is 88.1 Å². The lowest BCUT2D eigenvalue weighted by molar-refractivity contribution is -0.137. The first-order valence-corrected chi connectivity index (χ1v) is 12.6. The standard InChI is InChI=1S/C29H28O7.C2H6/c1-3-21-7-9-22(10-8-21)28(31)35-25-15-17-26(18-16-25)36-29(32)23-11-13-24(14-12-23)33-19-5-6-20-34-27(30)4-2;1-2/h4,7-18H,2-3,5-6,19-20H2,1H3;1-2H3. The van der Waals surface area contributed by atoms with E-state index in [-0.39, 0.29) is 0 Å². The molecule has 3 rings (SSSR count). The van der Waals surface area contributed by atoms with E-state index in [0.717, 1.165) is 18.1 Å². The van der Waals surface area contributed by atoms with Gasteiger partial charge in [0.15, 0.2) is 0 Å². The number of hydrogen-bond acceptors (Lipinski definition) is 7. The Morgan fingerprint density at radius 3 is 1.61 bits per heavy atom. The number of carbonyl (C=O) groups excluding carboxylic acids is 3. The van der Waals surface area contributed by atoms with Crippen LogP contribution in [0.3, 0.4) is 0 Å². The van der Waals surface area contributed by atoms with E-state index in [2.05, 4.69) is 6.58 Å². The summed E-state index contributed by atoms with van der Waals surface area (Å²) in [6.07, 6.45) is 3.41. The van der Waals surface area contributed by atoms with Crippen LogP contribution in [0.25, 0.3) is 0 Å². The maximum absolute atomic E-state index is 12.4. The molecule has 3 aromatic rings. The number of rotatable bonds is 12. The quantitative estimate of drug-likeness (QED) is 0.115. The highest BCUT2D eigenvalue weighted by atomic mass is 16.5. The molecule has 0 radical (unpaired) electrons. The molecule has 0 heterocycles. The number of hydrogen-bond donors (Lipinski definition) is 0. The first-order chi connectivity index (χ1) is 18.5. The second kappa shape index (κ2) is 16.4. The predicted octanol–water partition coefficient (Wildman–Crippen LogP) is 6.60. The molecule has 0 amide bonds. The third-order valence-corrected chi connectivity index (χ3v) is 5.15. The molecule has 0 aliphatic heterocycles. The molecule has 0 N–H and O–H groups in total. The van der Waals surface area contributed by atoms with Crippen molar-refractivity contribution in [2.24, 2.45) is 0 Å². The van der Waals surface area contributed by atoms with Crippen LogP contribution < -0.4 is 14.2 Å². The molecule has 200 valence electrons. The minimum absolute atomic E-state index is 0.315. The molecule has 3 aromatic carbocycles. The number of carbonyl (C=O) groups is 3. The number of unbranched alkanes of at least 4 members (excludes halogenated alkanes) is 1. The molecule has 0 saturated carbocycles. The molecule has 0 unspecified atom stereocenters. The van der Waals surface area contributed by atoms with Crippen molar-refractivity contribution in [2.45, 2.75) is 40.0 Å². The van der Waals surface area contributed by atoms with Gasteiger partial charge >= 0.3 is 17.9 Å². The summed E-state index contributed by atoms with van der Waals surface area (Å²) in [6.45, 7) is 10.2. The van der Waals surface area contributed by atoms with Crippen LogP contribution >= 0.6 is 0 Å². The Morgan fingerprint density at radius 1 is 0.684 bits per heavy atom. The van der Waals surface area contributed by atoms with Crippen LogP contribution in [0.1, 0.15) is 59.9 Å². The highest BCUT2D eigenvalue weighted by Gasteiger charge is 2.11. The zero-order valence-corrected chi connectivity index (χ0v) is 22.1. The lowest BCUT2D eigenvalue weighted by Gasteiger charge is -2.09. The second-order valence-electron chi connectivity index (χ2n) is 7.75. The summed E-state index contributed by atoms with van der Waals surface area (Å²) in [5, 5.41) is 0. The molecule has 0 spiro atoms. The van der Waals surface area contributed by atoms with Crippen molar-refractivity contribution in [2.75, 3.05) is 13.2 Å². The van der Waals surface area contributed by atoms with Crippen molar-refractivity contribution in [3.8, 4) is 17.2 Å². The SMILES string of the molecule is C=CC(=O)OCCCCOc1ccc(C(=O)Oc2ccc(OC(=O)c3ccc(CC)cc3)cc2)cc1.CC. The molecule has 0 fully saturated rings. The molecule has 7 heteroatoms. The maximum atomic E-state index is 12.4. The molecular formula is C31H34O7. The normalized spacial score (nSPS) is 9.87. The van der Waals surface area contributed by atoms with Crippen molar-refractivity contribution in [3.63, 3.8) is 0 Å². The highest BCUT2D eigenvalue weighted by molar-refractivity contribution is 5.92. The summed E-state index contributed by atoms with van der Waals surface area (Å²) in [5.74, 6) is -0.132. The van der Waals surface area contributed by atoms with Gasteiger partial charge in [-0.05, 0) is 85.5 Å². The van der Waals surface area contributed by atoms with Gasteiger partial charge in [-0.1, -0.05) is 39.5 Å². The molecule has 0 aliphatic carbocycles. The van der Waals surface area contributed by atoms with E-state index in [0.29, 0.717) is 54.4 Å². The van der Waals surface area contributed by atoms with Gasteiger partial charge in [-0.2, -0.15) is 0 Å². The van der Waals surface area contributed by atoms with Crippen molar-refractivity contribution in [1.29, 1.82) is 0 Å². The van der Waals surface area contributed by atoms with E-state index >= 15 is 0 Å². The Bertz CT molecular complexity index is 1160. The van der Waals surface area contributed by atoms with Crippen LogP contribution in [-0.4, -0.2) is 31.1 Å². The summed E-state index contributed by atoms with van der Waals surface area (Å²) < 4.78 is 21.3. The average molecular weight is 519 g/mol. The van der Waals surface area contributed by atoms with Gasteiger partial charge in [-0.15, -0.1) is 0 Å². The molecule has 7 nitrogen and oxygen atoms in total. The van der Waals surface area contributed by atoms with Crippen molar-refractivity contribution in [3.05, 3.63) is 102 Å². The number of benzene rings is 3. The van der Waals surface area contributed by atoms with Crippen molar-refractivity contribution >= 4 is 17.9 Å². The molecule has 0 aliphatic rings. The lowest BCUT2D eigenvalue weighted by atomic mass is 10.1. The van der Waals surface area contributed by atoms with E-state index in [1.54, 1.807) is 60.7 Å². The third-order valence-electron chi connectivity index (χ3n) is 5.15. The minimum atomic E-state index is -0.522. The Kier molecular flexibility index (Phi) is 12.9. The summed E-state index contributed by atoms with van der Waals surface area (Å²) in [6, 6.07) is 20.1. The number of ether oxygens (including phenoxy) is 4. The van der Waals surface area contributed by atoms with Crippen LogP contribution in [-0.2, 0) is 16.0 Å². The molecule has 0 bridgehead atoms. The average Bonchev–Trinajstić information content (AvgIpc) is 2.97. The molecular weight excluding hydrogens is 484 g/mol. The van der Waals surface area contributed by atoms with Gasteiger partial charge in [-0.3, -0.25) is 0 Å². The Hall–Kier alpha value is -4.39. The highest BCUT2D eigenvalue weighted by Crippen LogP contribution is 2.21. The molecule has 0 saturated heterocycles. The smallest absolute Gasteiger partial charge is 0.343 e. The van der Waals surface area contributed by atoms with E-state index in [1.807, 2.05) is 32.9 Å². The van der Waals surface area contributed by atoms with Gasteiger partial charge in [0.25, 0.3) is 0 Å². The first kappa shape index (κ1) is 29.8. The Morgan fingerprint density at radius 2 is 1.13 bits per heavy atom. The largest absolute Gasteiger partial charge is 0.494 e. The van der Waals surface area contributed by atoms with Crippen LogP contribution in [0.4, 0.5) is 0 Å². The van der Waals surface area contributed by atoms with E-state index in [1.165, 1.54) is 0 Å². The molecule has 0 aromatic heterocycles. The van der Waals surface area contributed by atoms with Crippen LogP contribution in [0.15, 0.2) is 85.5 Å². The first-order valence-electron chi connectivity index (χ1n) is 12.6. The fraction of sp³-hybridized carbons (Fsp3) is 0.258. The summed E-state index contributed by atoms with van der Waals surface area (Å²) >= 11 is 0. The fourth-order valence-corrected chi connectivity index (χ4v) is 3.10. The zero-order chi connectivity index (χ0) is 27.8. The second-order valence-corrected chi connectivity index (χ2v) is 7.75.